The van der Waals surface area contributed by atoms with Crippen molar-refractivity contribution in [2.24, 2.45) is 0 Å². The van der Waals surface area contributed by atoms with Crippen LogP contribution in [0.15, 0.2) is 72.9 Å². The summed E-state index contributed by atoms with van der Waals surface area (Å²) in [4.78, 5) is 36.1. The number of rotatable bonds is 3. The van der Waals surface area contributed by atoms with E-state index in [2.05, 4.69) is 4.98 Å². The van der Waals surface area contributed by atoms with Gasteiger partial charge in [-0.3, -0.25) is 19.5 Å². The largest absolute Gasteiger partial charge is 0.270 e. The predicted octanol–water partition coefficient (Wildman–Crippen LogP) is 4.75. The zero-order valence-corrected chi connectivity index (χ0v) is 15.9. The number of pyridine rings is 2. The predicted molar refractivity (Wildman–Crippen MR) is 111 cm³/mol. The molecule has 0 atom stereocenters. The molecule has 1 aliphatic rings. The first kappa shape index (κ1) is 17.5. The van der Waals surface area contributed by atoms with E-state index in [1.165, 1.54) is 4.90 Å². The zero-order chi connectivity index (χ0) is 20.0. The molecule has 0 bridgehead atoms. The van der Waals surface area contributed by atoms with Gasteiger partial charge in [-0.1, -0.05) is 41.9 Å². The number of fused-ring (bicyclic) bond motifs is 2. The number of carbonyl (C=O) groups excluding carboxylic acids is 2. The van der Waals surface area contributed by atoms with Gasteiger partial charge in [0.2, 0.25) is 0 Å². The van der Waals surface area contributed by atoms with Crippen molar-refractivity contribution in [1.29, 1.82) is 0 Å². The average Bonchev–Trinajstić information content (AvgIpc) is 2.99. The molecule has 5 rings (SSSR count). The van der Waals surface area contributed by atoms with Gasteiger partial charge >= 0.3 is 0 Å². The van der Waals surface area contributed by atoms with E-state index in [-0.39, 0.29) is 18.4 Å². The number of hydrogen-bond acceptors (Lipinski definition) is 4. The first-order valence-electron chi connectivity index (χ1n) is 9.08. The number of hydrogen-bond donors (Lipinski definition) is 0. The van der Waals surface area contributed by atoms with Gasteiger partial charge in [0.15, 0.2) is 0 Å². The molecule has 2 aromatic carbocycles. The van der Waals surface area contributed by atoms with Crippen LogP contribution in [0.1, 0.15) is 26.3 Å². The van der Waals surface area contributed by atoms with Crippen molar-refractivity contribution in [3.05, 3.63) is 94.6 Å². The van der Waals surface area contributed by atoms with E-state index in [9.17, 15) is 9.59 Å². The molecule has 0 aliphatic carbocycles. The van der Waals surface area contributed by atoms with Crippen LogP contribution in [0.25, 0.3) is 22.3 Å². The van der Waals surface area contributed by atoms with Crippen molar-refractivity contribution in [3.8, 4) is 11.4 Å². The average molecular weight is 400 g/mol. The fourth-order valence-electron chi connectivity index (χ4n) is 3.60. The van der Waals surface area contributed by atoms with Crippen LogP contribution in [-0.4, -0.2) is 26.7 Å². The van der Waals surface area contributed by atoms with Crippen LogP contribution in [0, 0.1) is 0 Å². The summed E-state index contributed by atoms with van der Waals surface area (Å²) in [5.41, 5.74) is 3.49. The summed E-state index contributed by atoms with van der Waals surface area (Å²) in [6.07, 6.45) is 1.68. The molecule has 2 amide bonds. The third-order valence-electron chi connectivity index (χ3n) is 4.99. The maximum absolute atomic E-state index is 12.8. The topological polar surface area (TPSA) is 63.2 Å². The van der Waals surface area contributed by atoms with Crippen LogP contribution in [0.2, 0.25) is 5.02 Å². The fourth-order valence-corrected chi connectivity index (χ4v) is 3.83. The monoisotopic (exact) mass is 399 g/mol. The lowest BCUT2D eigenvalue weighted by molar-refractivity contribution is 0.0642. The van der Waals surface area contributed by atoms with E-state index in [0.717, 1.165) is 10.9 Å². The normalized spacial score (nSPS) is 13.2. The summed E-state index contributed by atoms with van der Waals surface area (Å²) >= 11 is 6.34. The summed E-state index contributed by atoms with van der Waals surface area (Å²) in [5, 5.41) is 1.37. The molecule has 3 heterocycles. The van der Waals surface area contributed by atoms with Crippen LogP contribution in [0.3, 0.4) is 0 Å². The smallest absolute Gasteiger partial charge is 0.261 e. The van der Waals surface area contributed by atoms with Gasteiger partial charge in [0, 0.05) is 17.1 Å². The third-order valence-corrected chi connectivity index (χ3v) is 5.29. The van der Waals surface area contributed by atoms with Gasteiger partial charge in [-0.25, -0.2) is 4.98 Å². The standard InChI is InChI=1S/C23H14ClN3O2/c24-18-9-5-6-14-12-15(21(26-20(14)18)19-10-3-4-11-25-19)13-27-22(28)16-7-1-2-8-17(16)23(27)29/h1-12H,13H2. The highest BCUT2D eigenvalue weighted by atomic mass is 35.5. The van der Waals surface area contributed by atoms with E-state index in [0.29, 0.717) is 33.1 Å². The van der Waals surface area contributed by atoms with Crippen molar-refractivity contribution in [3.63, 3.8) is 0 Å². The molecule has 0 radical (unpaired) electrons. The molecule has 140 valence electrons. The Kier molecular flexibility index (Phi) is 4.11. The molecule has 0 spiro atoms. The Morgan fingerprint density at radius 2 is 1.59 bits per heavy atom. The Labute approximate surface area is 171 Å². The minimum absolute atomic E-state index is 0.105. The highest BCUT2D eigenvalue weighted by Crippen LogP contribution is 2.31. The Hall–Kier alpha value is -3.57. The lowest BCUT2D eigenvalue weighted by atomic mass is 10.1. The number of imide groups is 1. The quantitative estimate of drug-likeness (QED) is 0.466. The van der Waals surface area contributed by atoms with Crippen LogP contribution in [0.4, 0.5) is 0 Å². The lowest BCUT2D eigenvalue weighted by Gasteiger charge is -2.17. The Balaban J connectivity index is 1.65. The van der Waals surface area contributed by atoms with E-state index >= 15 is 0 Å². The highest BCUT2D eigenvalue weighted by molar-refractivity contribution is 6.35. The Morgan fingerprint density at radius 1 is 0.862 bits per heavy atom. The maximum Gasteiger partial charge on any atom is 0.261 e. The molecule has 0 N–H and O–H groups in total. The molecule has 0 saturated heterocycles. The van der Waals surface area contributed by atoms with Crippen molar-refractivity contribution < 1.29 is 9.59 Å². The zero-order valence-electron chi connectivity index (χ0n) is 15.2. The van der Waals surface area contributed by atoms with Gasteiger partial charge in [0.25, 0.3) is 11.8 Å². The molecule has 29 heavy (non-hydrogen) atoms. The fraction of sp³-hybridized carbons (Fsp3) is 0.0435. The molecule has 4 aromatic rings. The van der Waals surface area contributed by atoms with E-state index in [1.54, 1.807) is 36.5 Å². The molecule has 0 saturated carbocycles. The number of amides is 2. The number of aromatic nitrogens is 2. The molecule has 0 fully saturated rings. The molecule has 2 aromatic heterocycles. The maximum atomic E-state index is 12.8. The van der Waals surface area contributed by atoms with Gasteiger partial charge in [0.1, 0.15) is 0 Å². The Morgan fingerprint density at radius 3 is 2.28 bits per heavy atom. The minimum Gasteiger partial charge on any atom is -0.270 e. The summed E-state index contributed by atoms with van der Waals surface area (Å²) in [6, 6.07) is 19.8. The number of carbonyl (C=O) groups is 2. The summed E-state index contributed by atoms with van der Waals surface area (Å²) < 4.78 is 0. The van der Waals surface area contributed by atoms with E-state index in [1.807, 2.05) is 36.4 Å². The van der Waals surface area contributed by atoms with Crippen molar-refractivity contribution in [2.45, 2.75) is 6.54 Å². The van der Waals surface area contributed by atoms with Crippen LogP contribution in [-0.2, 0) is 6.54 Å². The first-order valence-corrected chi connectivity index (χ1v) is 9.46. The second-order valence-corrected chi connectivity index (χ2v) is 7.17. The molecule has 1 aliphatic heterocycles. The van der Waals surface area contributed by atoms with Crippen molar-refractivity contribution in [2.75, 3.05) is 0 Å². The van der Waals surface area contributed by atoms with Gasteiger partial charge < -0.3 is 0 Å². The Bertz CT molecular complexity index is 1250. The number of nitrogens with zero attached hydrogens (tertiary/aromatic N) is 3. The molecule has 5 nitrogen and oxygen atoms in total. The number of para-hydroxylation sites is 1. The van der Waals surface area contributed by atoms with E-state index < -0.39 is 0 Å². The lowest BCUT2D eigenvalue weighted by Crippen LogP contribution is -2.29. The molecular weight excluding hydrogens is 386 g/mol. The van der Waals surface area contributed by atoms with Gasteiger partial charge in [-0.2, -0.15) is 0 Å². The minimum atomic E-state index is -0.302. The second-order valence-electron chi connectivity index (χ2n) is 6.76. The summed E-state index contributed by atoms with van der Waals surface area (Å²) in [6.45, 7) is 0.105. The van der Waals surface area contributed by atoms with Crippen LogP contribution < -0.4 is 0 Å². The van der Waals surface area contributed by atoms with Crippen LogP contribution in [0.5, 0.6) is 0 Å². The van der Waals surface area contributed by atoms with Gasteiger partial charge in [0.05, 0.1) is 39.6 Å². The van der Waals surface area contributed by atoms with E-state index in [4.69, 9.17) is 16.6 Å². The third kappa shape index (κ3) is 2.87. The SMILES string of the molecule is O=C1c2ccccc2C(=O)N1Cc1cc2cccc(Cl)c2nc1-c1ccccn1. The number of halogens is 1. The summed E-state index contributed by atoms with van der Waals surface area (Å²) in [5.74, 6) is -0.604. The highest BCUT2D eigenvalue weighted by Gasteiger charge is 2.35. The first-order chi connectivity index (χ1) is 14.1. The molecule has 6 heteroatoms. The van der Waals surface area contributed by atoms with Crippen molar-refractivity contribution >= 4 is 34.3 Å². The molecule has 0 unspecified atom stereocenters. The van der Waals surface area contributed by atoms with Gasteiger partial charge in [-0.05, 0) is 36.4 Å². The summed E-state index contributed by atoms with van der Waals surface area (Å²) in [7, 11) is 0. The molecular formula is C23H14ClN3O2. The van der Waals surface area contributed by atoms with Crippen molar-refractivity contribution in [1.82, 2.24) is 14.9 Å². The number of benzene rings is 2. The van der Waals surface area contributed by atoms with Gasteiger partial charge in [-0.15, -0.1) is 0 Å². The van der Waals surface area contributed by atoms with Crippen LogP contribution >= 0.6 is 11.6 Å². The second kappa shape index (κ2) is 6.79.